The SMILES string of the molecule is c1ccc(-c2cccc(-c3cccc(-c4cccc5c4oc4ccc(-n6c7ccccc7c7cc(-c8ccccc8)ccc76)cc45)c3)c2)cc1. The van der Waals surface area contributed by atoms with E-state index in [0.29, 0.717) is 0 Å². The average Bonchev–Trinajstić information content (AvgIpc) is 3.74. The van der Waals surface area contributed by atoms with Gasteiger partial charge in [-0.15, -0.1) is 0 Å². The molecule has 2 heterocycles. The van der Waals surface area contributed by atoms with Crippen molar-refractivity contribution in [1.82, 2.24) is 4.57 Å². The van der Waals surface area contributed by atoms with Crippen LogP contribution in [0.4, 0.5) is 0 Å². The fraction of sp³-hybridized carbons (Fsp3) is 0. The summed E-state index contributed by atoms with van der Waals surface area (Å²) in [7, 11) is 0. The summed E-state index contributed by atoms with van der Waals surface area (Å²) in [6.45, 7) is 0. The summed E-state index contributed by atoms with van der Waals surface area (Å²) < 4.78 is 9.05. The van der Waals surface area contributed by atoms with Crippen LogP contribution in [0.1, 0.15) is 0 Å². The molecule has 0 aliphatic carbocycles. The number of para-hydroxylation sites is 2. The van der Waals surface area contributed by atoms with Crippen LogP contribution in [0.15, 0.2) is 192 Å². The van der Waals surface area contributed by atoms with Crippen molar-refractivity contribution in [1.29, 1.82) is 0 Å². The molecular formula is C48H31NO. The highest BCUT2D eigenvalue weighted by Crippen LogP contribution is 2.40. The van der Waals surface area contributed by atoms with Crippen molar-refractivity contribution in [3.05, 3.63) is 188 Å². The lowest BCUT2D eigenvalue weighted by Crippen LogP contribution is -1.93. The van der Waals surface area contributed by atoms with Crippen molar-refractivity contribution in [3.63, 3.8) is 0 Å². The molecule has 0 aliphatic heterocycles. The van der Waals surface area contributed by atoms with Crippen LogP contribution in [0.3, 0.4) is 0 Å². The van der Waals surface area contributed by atoms with Crippen LogP contribution in [0.2, 0.25) is 0 Å². The van der Waals surface area contributed by atoms with Crippen LogP contribution in [0.5, 0.6) is 0 Å². The summed E-state index contributed by atoms with van der Waals surface area (Å²) in [4.78, 5) is 0. The molecule has 0 atom stereocenters. The molecule has 10 aromatic rings. The van der Waals surface area contributed by atoms with E-state index < -0.39 is 0 Å². The standard InChI is InChI=1S/C48H31NO/c1-3-12-32(13-4-1)34-16-9-17-35(28-34)36-18-10-19-38(29-36)40-21-11-22-42-44-31-39(25-27-47(44)50-48(40)42)49-45-23-8-7-20-41(45)43-30-37(24-26-46(43)49)33-14-5-2-6-15-33/h1-31H. The van der Waals surface area contributed by atoms with Crippen LogP contribution < -0.4 is 0 Å². The Kier molecular flexibility index (Phi) is 6.53. The van der Waals surface area contributed by atoms with E-state index in [4.69, 9.17) is 4.42 Å². The third-order valence-electron chi connectivity index (χ3n) is 9.99. The van der Waals surface area contributed by atoms with Crippen molar-refractivity contribution >= 4 is 43.7 Å². The Hall–Kier alpha value is -6.64. The Morgan fingerprint density at radius 3 is 1.64 bits per heavy atom. The van der Waals surface area contributed by atoms with Gasteiger partial charge in [-0.05, 0) is 87.5 Å². The zero-order chi connectivity index (χ0) is 33.0. The zero-order valence-electron chi connectivity index (χ0n) is 27.3. The van der Waals surface area contributed by atoms with Crippen molar-refractivity contribution in [2.45, 2.75) is 0 Å². The van der Waals surface area contributed by atoms with Crippen molar-refractivity contribution in [3.8, 4) is 50.2 Å². The Bertz CT molecular complexity index is 2860. The van der Waals surface area contributed by atoms with Gasteiger partial charge in [-0.1, -0.05) is 140 Å². The number of nitrogens with zero attached hydrogens (tertiary/aromatic N) is 1. The van der Waals surface area contributed by atoms with Gasteiger partial charge >= 0.3 is 0 Å². The maximum atomic E-state index is 6.66. The van der Waals surface area contributed by atoms with Crippen molar-refractivity contribution < 1.29 is 4.42 Å². The molecule has 8 aromatic carbocycles. The molecule has 2 aromatic heterocycles. The number of benzene rings is 8. The zero-order valence-corrected chi connectivity index (χ0v) is 27.3. The van der Waals surface area contributed by atoms with Gasteiger partial charge in [0.1, 0.15) is 11.2 Å². The molecule has 2 heteroatoms. The first kappa shape index (κ1) is 28.4. The lowest BCUT2D eigenvalue weighted by Gasteiger charge is -2.09. The van der Waals surface area contributed by atoms with E-state index in [2.05, 4.69) is 193 Å². The summed E-state index contributed by atoms with van der Waals surface area (Å²) in [6.07, 6.45) is 0. The number of fused-ring (bicyclic) bond motifs is 6. The van der Waals surface area contributed by atoms with E-state index in [-0.39, 0.29) is 0 Å². The maximum absolute atomic E-state index is 6.66. The minimum atomic E-state index is 0.884. The second-order valence-electron chi connectivity index (χ2n) is 12.9. The molecule has 0 N–H and O–H groups in total. The maximum Gasteiger partial charge on any atom is 0.143 e. The topological polar surface area (TPSA) is 18.1 Å². The van der Waals surface area contributed by atoms with E-state index in [1.54, 1.807) is 0 Å². The highest BCUT2D eigenvalue weighted by atomic mass is 16.3. The third-order valence-corrected chi connectivity index (χ3v) is 9.99. The minimum absolute atomic E-state index is 0.884. The average molecular weight is 638 g/mol. The molecular weight excluding hydrogens is 607 g/mol. The summed E-state index contributed by atoms with van der Waals surface area (Å²) in [5, 5.41) is 4.71. The molecule has 0 spiro atoms. The lowest BCUT2D eigenvalue weighted by molar-refractivity contribution is 0.670. The number of rotatable bonds is 5. The van der Waals surface area contributed by atoms with E-state index in [9.17, 15) is 0 Å². The van der Waals surface area contributed by atoms with Gasteiger partial charge in [-0.25, -0.2) is 0 Å². The van der Waals surface area contributed by atoms with Gasteiger partial charge in [0.2, 0.25) is 0 Å². The second kappa shape index (κ2) is 11.5. The Balaban J connectivity index is 1.09. The number of furan rings is 1. The summed E-state index contributed by atoms with van der Waals surface area (Å²) in [6, 6.07) is 67.3. The highest BCUT2D eigenvalue weighted by molar-refractivity contribution is 6.13. The molecule has 0 unspecified atom stereocenters. The van der Waals surface area contributed by atoms with Gasteiger partial charge < -0.3 is 8.98 Å². The normalized spacial score (nSPS) is 11.6. The van der Waals surface area contributed by atoms with E-state index >= 15 is 0 Å². The summed E-state index contributed by atoms with van der Waals surface area (Å²) in [5.41, 5.74) is 14.7. The Morgan fingerprint density at radius 1 is 0.320 bits per heavy atom. The molecule has 0 saturated carbocycles. The van der Waals surface area contributed by atoms with Crippen LogP contribution in [0.25, 0.3) is 93.9 Å². The molecule has 0 radical (unpaired) electrons. The molecule has 0 fully saturated rings. The molecule has 0 aliphatic rings. The highest BCUT2D eigenvalue weighted by Gasteiger charge is 2.17. The molecule has 0 bridgehead atoms. The van der Waals surface area contributed by atoms with Crippen molar-refractivity contribution in [2.24, 2.45) is 0 Å². The predicted octanol–water partition coefficient (Wildman–Crippen LogP) is 13.4. The van der Waals surface area contributed by atoms with Crippen LogP contribution >= 0.6 is 0 Å². The lowest BCUT2D eigenvalue weighted by atomic mass is 9.95. The molecule has 234 valence electrons. The first-order valence-corrected chi connectivity index (χ1v) is 17.1. The Morgan fingerprint density at radius 2 is 0.880 bits per heavy atom. The second-order valence-corrected chi connectivity index (χ2v) is 12.9. The fourth-order valence-electron chi connectivity index (χ4n) is 7.59. The van der Waals surface area contributed by atoms with Crippen LogP contribution in [0, 0.1) is 0 Å². The summed E-state index contributed by atoms with van der Waals surface area (Å²) in [5.74, 6) is 0. The van der Waals surface area contributed by atoms with E-state index in [1.165, 1.54) is 55.2 Å². The van der Waals surface area contributed by atoms with Gasteiger partial charge in [0.25, 0.3) is 0 Å². The van der Waals surface area contributed by atoms with Crippen LogP contribution in [-0.4, -0.2) is 4.57 Å². The minimum Gasteiger partial charge on any atom is -0.455 e. The molecule has 10 rings (SSSR count). The number of hydrogen-bond acceptors (Lipinski definition) is 1. The largest absolute Gasteiger partial charge is 0.455 e. The molecule has 0 amide bonds. The quantitative estimate of drug-likeness (QED) is 0.184. The number of hydrogen-bond donors (Lipinski definition) is 0. The van der Waals surface area contributed by atoms with E-state index in [1.807, 2.05) is 0 Å². The molecule has 50 heavy (non-hydrogen) atoms. The van der Waals surface area contributed by atoms with Gasteiger partial charge in [0.15, 0.2) is 0 Å². The first-order chi connectivity index (χ1) is 24.8. The number of aromatic nitrogens is 1. The van der Waals surface area contributed by atoms with Gasteiger partial charge in [0, 0.05) is 32.8 Å². The predicted molar refractivity (Wildman–Crippen MR) is 210 cm³/mol. The smallest absolute Gasteiger partial charge is 0.143 e. The fourth-order valence-corrected chi connectivity index (χ4v) is 7.59. The van der Waals surface area contributed by atoms with E-state index in [0.717, 1.165) is 38.8 Å². The summed E-state index contributed by atoms with van der Waals surface area (Å²) >= 11 is 0. The van der Waals surface area contributed by atoms with Gasteiger partial charge in [0.05, 0.1) is 11.0 Å². The van der Waals surface area contributed by atoms with Crippen molar-refractivity contribution in [2.75, 3.05) is 0 Å². The van der Waals surface area contributed by atoms with Gasteiger partial charge in [-0.2, -0.15) is 0 Å². The third kappa shape index (κ3) is 4.65. The van der Waals surface area contributed by atoms with Crippen LogP contribution in [-0.2, 0) is 0 Å². The first-order valence-electron chi connectivity index (χ1n) is 17.1. The molecule has 0 saturated heterocycles. The molecule has 2 nitrogen and oxygen atoms in total. The van der Waals surface area contributed by atoms with Gasteiger partial charge in [-0.3, -0.25) is 0 Å². The monoisotopic (exact) mass is 637 g/mol. The Labute approximate surface area is 290 Å².